The highest BCUT2D eigenvalue weighted by atomic mass is 19.1. The van der Waals surface area contributed by atoms with Gasteiger partial charge in [0.15, 0.2) is 6.29 Å². The molecule has 0 saturated heterocycles. The fourth-order valence-corrected chi connectivity index (χ4v) is 1.50. The van der Waals surface area contributed by atoms with Gasteiger partial charge in [-0.05, 0) is 6.07 Å². The van der Waals surface area contributed by atoms with Gasteiger partial charge in [0, 0.05) is 17.8 Å². The molecule has 0 fully saturated rings. The average Bonchev–Trinajstić information content (AvgIpc) is 2.79. The Morgan fingerprint density at radius 1 is 1.53 bits per heavy atom. The van der Waals surface area contributed by atoms with Crippen molar-refractivity contribution >= 4 is 6.29 Å². The molecule has 0 bridgehead atoms. The molecule has 0 aliphatic heterocycles. The molecule has 4 nitrogen and oxygen atoms in total. The zero-order chi connectivity index (χ0) is 12.3. The van der Waals surface area contributed by atoms with Gasteiger partial charge < -0.3 is 9.30 Å². The first kappa shape index (κ1) is 11.3. The van der Waals surface area contributed by atoms with Crippen LogP contribution in [0, 0.1) is 5.82 Å². The number of aldehydes is 1. The summed E-state index contributed by atoms with van der Waals surface area (Å²) in [7, 11) is 1.49. The van der Waals surface area contributed by atoms with Gasteiger partial charge in [-0.25, -0.2) is 9.37 Å². The van der Waals surface area contributed by atoms with E-state index in [0.717, 1.165) is 0 Å². The summed E-state index contributed by atoms with van der Waals surface area (Å²) in [4.78, 5) is 14.3. The smallest absolute Gasteiger partial charge is 0.169 e. The second-order valence-electron chi connectivity index (χ2n) is 3.55. The third-order valence-electron chi connectivity index (χ3n) is 2.39. The van der Waals surface area contributed by atoms with Crippen LogP contribution in [0.3, 0.4) is 0 Å². The number of hydrogen-bond acceptors (Lipinski definition) is 3. The molecule has 1 aromatic heterocycles. The molecule has 5 heteroatoms. The molecule has 0 unspecified atom stereocenters. The van der Waals surface area contributed by atoms with Crippen molar-refractivity contribution in [1.29, 1.82) is 0 Å². The minimum absolute atomic E-state index is 0.330. The van der Waals surface area contributed by atoms with Gasteiger partial charge in [0.05, 0.1) is 20.0 Å². The largest absolute Gasteiger partial charge is 0.497 e. The lowest BCUT2D eigenvalue weighted by Gasteiger charge is -2.06. The highest BCUT2D eigenvalue weighted by Crippen LogP contribution is 2.17. The summed E-state index contributed by atoms with van der Waals surface area (Å²) in [6.07, 6.45) is 3.71. The second kappa shape index (κ2) is 4.78. The van der Waals surface area contributed by atoms with E-state index in [-0.39, 0.29) is 5.82 Å². The zero-order valence-corrected chi connectivity index (χ0v) is 9.26. The van der Waals surface area contributed by atoms with Crippen molar-refractivity contribution < 1.29 is 13.9 Å². The SMILES string of the molecule is COc1ccc(Cn2cnc(C=O)c2)c(F)c1. The number of benzene rings is 1. The van der Waals surface area contributed by atoms with Gasteiger partial charge in [-0.2, -0.15) is 0 Å². The molecular weight excluding hydrogens is 223 g/mol. The van der Waals surface area contributed by atoms with E-state index in [1.807, 2.05) is 0 Å². The van der Waals surface area contributed by atoms with Crippen molar-refractivity contribution in [2.24, 2.45) is 0 Å². The predicted molar refractivity (Wildman–Crippen MR) is 59.7 cm³/mol. The van der Waals surface area contributed by atoms with Crippen LogP contribution < -0.4 is 4.74 Å². The van der Waals surface area contributed by atoms with Crippen molar-refractivity contribution in [2.75, 3.05) is 7.11 Å². The summed E-state index contributed by atoms with van der Waals surface area (Å²) in [6.45, 7) is 0.330. The van der Waals surface area contributed by atoms with E-state index in [9.17, 15) is 9.18 Å². The molecule has 1 aromatic carbocycles. The molecular formula is C12H11FN2O2. The van der Waals surface area contributed by atoms with Crippen LogP contribution >= 0.6 is 0 Å². The zero-order valence-electron chi connectivity index (χ0n) is 9.26. The summed E-state index contributed by atoms with van der Waals surface area (Å²) in [5, 5.41) is 0. The third-order valence-corrected chi connectivity index (χ3v) is 2.39. The standard InChI is InChI=1S/C12H11FN2O2/c1-17-11-3-2-9(12(13)4-11)5-15-6-10(7-16)14-8-15/h2-4,6-8H,5H2,1H3. The average molecular weight is 234 g/mol. The van der Waals surface area contributed by atoms with Gasteiger partial charge in [-0.15, -0.1) is 0 Å². The van der Waals surface area contributed by atoms with Gasteiger partial charge in [-0.3, -0.25) is 4.79 Å². The summed E-state index contributed by atoms with van der Waals surface area (Å²) in [5.41, 5.74) is 0.847. The van der Waals surface area contributed by atoms with Crippen LogP contribution in [0.15, 0.2) is 30.7 Å². The Morgan fingerprint density at radius 2 is 2.35 bits per heavy atom. The fraction of sp³-hybridized carbons (Fsp3) is 0.167. The third kappa shape index (κ3) is 2.50. The van der Waals surface area contributed by atoms with Crippen LogP contribution in [0.5, 0.6) is 5.75 Å². The topological polar surface area (TPSA) is 44.1 Å². The summed E-state index contributed by atoms with van der Waals surface area (Å²) >= 11 is 0. The van der Waals surface area contributed by atoms with Crippen LogP contribution in [0.4, 0.5) is 4.39 Å². The minimum Gasteiger partial charge on any atom is -0.497 e. The number of ether oxygens (including phenoxy) is 1. The molecule has 0 spiro atoms. The molecule has 0 amide bonds. The molecule has 0 N–H and O–H groups in total. The van der Waals surface area contributed by atoms with Gasteiger partial charge in [-0.1, -0.05) is 6.07 Å². The monoisotopic (exact) mass is 234 g/mol. The molecule has 88 valence electrons. The van der Waals surface area contributed by atoms with Crippen LogP contribution in [0.2, 0.25) is 0 Å². The second-order valence-corrected chi connectivity index (χ2v) is 3.55. The first-order valence-electron chi connectivity index (χ1n) is 5.02. The number of carbonyl (C=O) groups excluding carboxylic acids is 1. The van der Waals surface area contributed by atoms with E-state index in [1.54, 1.807) is 22.9 Å². The summed E-state index contributed by atoms with van der Waals surface area (Å²) in [5.74, 6) is 0.135. The Morgan fingerprint density at radius 3 is 2.94 bits per heavy atom. The van der Waals surface area contributed by atoms with Crippen molar-refractivity contribution in [3.05, 3.63) is 47.8 Å². The molecule has 1 heterocycles. The van der Waals surface area contributed by atoms with Crippen molar-refractivity contribution in [3.63, 3.8) is 0 Å². The van der Waals surface area contributed by atoms with E-state index in [4.69, 9.17) is 4.74 Å². The highest BCUT2D eigenvalue weighted by molar-refractivity contribution is 5.70. The lowest BCUT2D eigenvalue weighted by atomic mass is 10.2. The van der Waals surface area contributed by atoms with Gasteiger partial charge in [0.2, 0.25) is 0 Å². The number of hydrogen-bond donors (Lipinski definition) is 0. The van der Waals surface area contributed by atoms with E-state index in [1.165, 1.54) is 19.5 Å². The van der Waals surface area contributed by atoms with Crippen LogP contribution in [0.25, 0.3) is 0 Å². The van der Waals surface area contributed by atoms with Crippen LogP contribution in [-0.4, -0.2) is 22.9 Å². The number of halogens is 1. The lowest BCUT2D eigenvalue weighted by molar-refractivity contribution is 0.111. The molecule has 0 aliphatic rings. The number of imidazole rings is 1. The number of carbonyl (C=O) groups is 1. The molecule has 0 atom stereocenters. The van der Waals surface area contributed by atoms with Crippen molar-refractivity contribution in [1.82, 2.24) is 9.55 Å². The molecule has 17 heavy (non-hydrogen) atoms. The quantitative estimate of drug-likeness (QED) is 0.759. The van der Waals surface area contributed by atoms with Gasteiger partial charge in [0.1, 0.15) is 17.3 Å². The van der Waals surface area contributed by atoms with Gasteiger partial charge >= 0.3 is 0 Å². The Hall–Kier alpha value is -2.17. The number of rotatable bonds is 4. The maximum atomic E-state index is 13.6. The highest BCUT2D eigenvalue weighted by Gasteiger charge is 2.05. The van der Waals surface area contributed by atoms with Crippen LogP contribution in [0.1, 0.15) is 16.1 Å². The Balaban J connectivity index is 2.20. The molecule has 2 aromatic rings. The van der Waals surface area contributed by atoms with E-state index in [0.29, 0.717) is 29.8 Å². The van der Waals surface area contributed by atoms with Gasteiger partial charge in [0.25, 0.3) is 0 Å². The molecule has 0 aliphatic carbocycles. The first-order valence-corrected chi connectivity index (χ1v) is 5.02. The lowest BCUT2D eigenvalue weighted by Crippen LogP contribution is -1.99. The van der Waals surface area contributed by atoms with E-state index < -0.39 is 0 Å². The Kier molecular flexibility index (Phi) is 3.18. The Labute approximate surface area is 97.7 Å². The molecule has 0 radical (unpaired) electrons. The summed E-state index contributed by atoms with van der Waals surface area (Å²) < 4.78 is 20.2. The molecule has 2 rings (SSSR count). The minimum atomic E-state index is -0.342. The molecule has 0 saturated carbocycles. The van der Waals surface area contributed by atoms with E-state index >= 15 is 0 Å². The summed E-state index contributed by atoms with van der Waals surface area (Å²) in [6, 6.07) is 4.66. The first-order chi connectivity index (χ1) is 8.22. The Bertz CT molecular complexity index is 537. The normalized spacial score (nSPS) is 10.2. The fourth-order valence-electron chi connectivity index (χ4n) is 1.50. The predicted octanol–water partition coefficient (Wildman–Crippen LogP) is 1.89. The van der Waals surface area contributed by atoms with Crippen molar-refractivity contribution in [2.45, 2.75) is 6.54 Å². The maximum Gasteiger partial charge on any atom is 0.169 e. The number of methoxy groups -OCH3 is 1. The van der Waals surface area contributed by atoms with Crippen molar-refractivity contribution in [3.8, 4) is 5.75 Å². The van der Waals surface area contributed by atoms with E-state index in [2.05, 4.69) is 4.98 Å². The maximum absolute atomic E-state index is 13.6. The number of nitrogens with zero attached hydrogens (tertiary/aromatic N) is 2. The number of aromatic nitrogens is 2. The van der Waals surface area contributed by atoms with Crippen LogP contribution in [-0.2, 0) is 6.54 Å².